The highest BCUT2D eigenvalue weighted by Crippen LogP contribution is 2.28. The van der Waals surface area contributed by atoms with Crippen molar-refractivity contribution in [2.75, 3.05) is 13.1 Å². The van der Waals surface area contributed by atoms with Crippen LogP contribution in [0.3, 0.4) is 0 Å². The van der Waals surface area contributed by atoms with E-state index in [9.17, 15) is 8.78 Å². The van der Waals surface area contributed by atoms with Crippen LogP contribution in [0.1, 0.15) is 24.5 Å². The summed E-state index contributed by atoms with van der Waals surface area (Å²) < 4.78 is 28.9. The van der Waals surface area contributed by atoms with Crippen LogP contribution in [0.5, 0.6) is 0 Å². The number of nitrogens with zero attached hydrogens (tertiary/aromatic N) is 2. The van der Waals surface area contributed by atoms with Gasteiger partial charge in [-0.25, -0.2) is 13.8 Å². The van der Waals surface area contributed by atoms with E-state index in [-0.39, 0.29) is 5.69 Å². The predicted octanol–water partition coefficient (Wildman–Crippen LogP) is 2.62. The number of imidazole rings is 1. The maximum absolute atomic E-state index is 13.9. The molecule has 0 atom stereocenters. The van der Waals surface area contributed by atoms with E-state index in [1.54, 1.807) is 23.2 Å². The van der Waals surface area contributed by atoms with Gasteiger partial charge in [-0.05, 0) is 38.1 Å². The number of nitrogens with one attached hydrogen (secondary N) is 1. The Hall–Kier alpha value is -1.75. The summed E-state index contributed by atoms with van der Waals surface area (Å²) in [4.78, 5) is 4.10. The number of halogens is 2. The Morgan fingerprint density at radius 3 is 2.79 bits per heavy atom. The lowest BCUT2D eigenvalue weighted by Gasteiger charge is -2.23. The van der Waals surface area contributed by atoms with Crippen molar-refractivity contribution in [2.45, 2.75) is 18.8 Å². The molecule has 0 aliphatic carbocycles. The molecule has 1 aromatic carbocycles. The Morgan fingerprint density at radius 2 is 2.00 bits per heavy atom. The first-order valence-electron chi connectivity index (χ1n) is 6.44. The molecule has 1 N–H and O–H groups in total. The Balaban J connectivity index is 2.01. The second kappa shape index (κ2) is 5.09. The fourth-order valence-electron chi connectivity index (χ4n) is 2.60. The minimum Gasteiger partial charge on any atom is -0.317 e. The summed E-state index contributed by atoms with van der Waals surface area (Å²) in [6.07, 6.45) is 5.28. The zero-order chi connectivity index (χ0) is 13.2. The molecule has 1 fully saturated rings. The highest BCUT2D eigenvalue weighted by atomic mass is 19.2. The van der Waals surface area contributed by atoms with Crippen LogP contribution in [0.4, 0.5) is 8.78 Å². The molecule has 0 unspecified atom stereocenters. The third kappa shape index (κ3) is 2.26. The summed E-state index contributed by atoms with van der Waals surface area (Å²) in [5.41, 5.74) is 1.18. The van der Waals surface area contributed by atoms with Gasteiger partial charge in [0, 0.05) is 17.8 Å². The highest BCUT2D eigenvalue weighted by molar-refractivity contribution is 5.36. The summed E-state index contributed by atoms with van der Waals surface area (Å²) in [5.74, 6) is -1.32. The van der Waals surface area contributed by atoms with Crippen LogP contribution < -0.4 is 5.32 Å². The van der Waals surface area contributed by atoms with E-state index < -0.39 is 11.6 Å². The van der Waals surface area contributed by atoms with Crippen LogP contribution in [0.25, 0.3) is 5.69 Å². The van der Waals surface area contributed by atoms with Crippen molar-refractivity contribution in [3.63, 3.8) is 0 Å². The van der Waals surface area contributed by atoms with E-state index >= 15 is 0 Å². The lowest BCUT2D eigenvalue weighted by molar-refractivity contribution is 0.446. The summed E-state index contributed by atoms with van der Waals surface area (Å²) in [6, 6.07) is 4.21. The van der Waals surface area contributed by atoms with Crippen molar-refractivity contribution >= 4 is 0 Å². The molecule has 1 aliphatic heterocycles. The van der Waals surface area contributed by atoms with Crippen molar-refractivity contribution < 1.29 is 8.78 Å². The highest BCUT2D eigenvalue weighted by Gasteiger charge is 2.21. The fourth-order valence-corrected chi connectivity index (χ4v) is 2.60. The monoisotopic (exact) mass is 263 g/mol. The van der Waals surface area contributed by atoms with E-state index in [2.05, 4.69) is 10.3 Å². The number of rotatable bonds is 2. The molecule has 0 bridgehead atoms. The van der Waals surface area contributed by atoms with Gasteiger partial charge in [0.25, 0.3) is 0 Å². The number of piperidine rings is 1. The molecule has 3 nitrogen and oxygen atoms in total. The normalized spacial score (nSPS) is 16.7. The fraction of sp³-hybridized carbons (Fsp3) is 0.357. The van der Waals surface area contributed by atoms with Gasteiger partial charge in [-0.15, -0.1) is 0 Å². The zero-order valence-corrected chi connectivity index (χ0v) is 10.4. The number of hydrogen-bond acceptors (Lipinski definition) is 2. The van der Waals surface area contributed by atoms with Crippen LogP contribution in [0, 0.1) is 11.6 Å². The molecule has 1 aliphatic rings. The van der Waals surface area contributed by atoms with E-state index in [0.29, 0.717) is 5.92 Å². The van der Waals surface area contributed by atoms with Crippen molar-refractivity contribution in [1.29, 1.82) is 0 Å². The minimum absolute atomic E-state index is 0.228. The summed E-state index contributed by atoms with van der Waals surface area (Å²) in [5, 5.41) is 3.29. The van der Waals surface area contributed by atoms with E-state index in [1.807, 2.05) is 0 Å². The Bertz CT molecular complexity index is 574. The summed E-state index contributed by atoms with van der Waals surface area (Å²) in [7, 11) is 0. The van der Waals surface area contributed by atoms with Crippen LogP contribution >= 0.6 is 0 Å². The van der Waals surface area contributed by atoms with Gasteiger partial charge in [-0.3, -0.25) is 4.57 Å². The zero-order valence-electron chi connectivity index (χ0n) is 10.4. The molecule has 0 radical (unpaired) electrons. The van der Waals surface area contributed by atoms with Gasteiger partial charge >= 0.3 is 0 Å². The SMILES string of the molecule is Fc1cccc(-n2cncc2C2CCNCC2)c1F. The van der Waals surface area contributed by atoms with Gasteiger partial charge in [0.1, 0.15) is 0 Å². The quantitative estimate of drug-likeness (QED) is 0.902. The van der Waals surface area contributed by atoms with Crippen molar-refractivity contribution in [3.8, 4) is 5.69 Å². The van der Waals surface area contributed by atoms with Gasteiger partial charge in [0.2, 0.25) is 0 Å². The molecule has 2 heterocycles. The lowest BCUT2D eigenvalue weighted by Crippen LogP contribution is -2.27. The van der Waals surface area contributed by atoms with E-state index in [1.165, 1.54) is 6.07 Å². The third-order valence-corrected chi connectivity index (χ3v) is 3.62. The first kappa shape index (κ1) is 12.3. The Kier molecular flexibility index (Phi) is 3.29. The predicted molar refractivity (Wildman–Crippen MR) is 68.3 cm³/mol. The Morgan fingerprint density at radius 1 is 1.21 bits per heavy atom. The van der Waals surface area contributed by atoms with Crippen LogP contribution in [0.2, 0.25) is 0 Å². The lowest BCUT2D eigenvalue weighted by atomic mass is 9.95. The topological polar surface area (TPSA) is 29.9 Å². The first-order chi connectivity index (χ1) is 9.27. The molecule has 0 saturated carbocycles. The number of benzene rings is 1. The molecule has 5 heteroatoms. The van der Waals surface area contributed by atoms with Gasteiger partial charge in [0.15, 0.2) is 11.6 Å². The molecule has 100 valence electrons. The average Bonchev–Trinajstić information content (AvgIpc) is 2.92. The smallest absolute Gasteiger partial charge is 0.182 e. The molecule has 0 amide bonds. The molecule has 3 rings (SSSR count). The molecular formula is C14H15F2N3. The maximum atomic E-state index is 13.9. The van der Waals surface area contributed by atoms with Crippen molar-refractivity contribution in [1.82, 2.24) is 14.9 Å². The maximum Gasteiger partial charge on any atom is 0.182 e. The van der Waals surface area contributed by atoms with Crippen LogP contribution in [0.15, 0.2) is 30.7 Å². The Labute approximate surface area is 110 Å². The second-order valence-corrected chi connectivity index (χ2v) is 4.79. The average molecular weight is 263 g/mol. The largest absolute Gasteiger partial charge is 0.317 e. The summed E-state index contributed by atoms with van der Waals surface area (Å²) in [6.45, 7) is 1.89. The molecule has 2 aromatic rings. The number of aromatic nitrogens is 2. The summed E-state index contributed by atoms with van der Waals surface area (Å²) >= 11 is 0. The number of hydrogen-bond donors (Lipinski definition) is 1. The van der Waals surface area contributed by atoms with E-state index in [0.717, 1.165) is 37.7 Å². The molecule has 0 spiro atoms. The van der Waals surface area contributed by atoms with Gasteiger partial charge < -0.3 is 5.32 Å². The molecule has 1 saturated heterocycles. The standard InChI is InChI=1S/C14H15F2N3/c15-11-2-1-3-12(14(11)16)19-9-18-8-13(19)10-4-6-17-7-5-10/h1-3,8-10,17H,4-7H2. The van der Waals surface area contributed by atoms with Crippen LogP contribution in [-0.4, -0.2) is 22.6 Å². The minimum atomic E-state index is -0.831. The van der Waals surface area contributed by atoms with Gasteiger partial charge in [-0.1, -0.05) is 6.07 Å². The second-order valence-electron chi connectivity index (χ2n) is 4.79. The molecule has 1 aromatic heterocycles. The van der Waals surface area contributed by atoms with Crippen molar-refractivity contribution in [3.05, 3.63) is 48.1 Å². The molecular weight excluding hydrogens is 248 g/mol. The van der Waals surface area contributed by atoms with Gasteiger partial charge in [0.05, 0.1) is 12.0 Å². The van der Waals surface area contributed by atoms with E-state index in [4.69, 9.17) is 0 Å². The van der Waals surface area contributed by atoms with Crippen molar-refractivity contribution in [2.24, 2.45) is 0 Å². The van der Waals surface area contributed by atoms with Crippen LogP contribution in [-0.2, 0) is 0 Å². The molecule has 19 heavy (non-hydrogen) atoms. The van der Waals surface area contributed by atoms with Gasteiger partial charge in [-0.2, -0.15) is 0 Å². The first-order valence-corrected chi connectivity index (χ1v) is 6.44. The third-order valence-electron chi connectivity index (χ3n) is 3.62.